The summed E-state index contributed by atoms with van der Waals surface area (Å²) in [4.78, 5) is 0. The lowest BCUT2D eigenvalue weighted by Gasteiger charge is -2.14. The van der Waals surface area contributed by atoms with Gasteiger partial charge >= 0.3 is 0 Å². The zero-order chi connectivity index (χ0) is 13.8. The van der Waals surface area contributed by atoms with E-state index in [1.165, 1.54) is 21.8 Å². The molecule has 0 saturated carbocycles. The molecule has 2 aromatic carbocycles. The molecule has 3 rings (SSSR count). The Bertz CT molecular complexity index is 621. The molecule has 0 amide bonds. The van der Waals surface area contributed by atoms with Crippen LogP contribution in [-0.2, 0) is 0 Å². The number of hydrogen-bond acceptors (Lipinski definition) is 0. The van der Waals surface area contributed by atoms with Crippen molar-refractivity contribution in [3.8, 4) is 0 Å². The second-order valence-electron chi connectivity index (χ2n) is 4.66. The quantitative estimate of drug-likeness (QED) is 0.580. The minimum absolute atomic E-state index is 0.541. The number of nitrogens with zero attached hydrogens (tertiary/aromatic N) is 1. The van der Waals surface area contributed by atoms with E-state index in [-0.39, 0.29) is 0 Å². The lowest BCUT2D eigenvalue weighted by atomic mass is 10.2. The van der Waals surface area contributed by atoms with Crippen molar-refractivity contribution in [3.63, 3.8) is 0 Å². The smallest absolute Gasteiger partial charge is 0.0511 e. The number of para-hydroxylation sites is 2. The fourth-order valence-electron chi connectivity index (χ4n) is 2.61. The predicted molar refractivity (Wildman–Crippen MR) is 85.6 cm³/mol. The van der Waals surface area contributed by atoms with Crippen LogP contribution in [0.25, 0.3) is 21.8 Å². The Morgan fingerprint density at radius 1 is 1.00 bits per heavy atom. The van der Waals surface area contributed by atoms with Crippen LogP contribution >= 0.6 is 9.84 Å². The van der Waals surface area contributed by atoms with Gasteiger partial charge in [0, 0.05) is 27.8 Å². The molecule has 2 unspecified atom stereocenters. The molecular formula is C16H20NP. The van der Waals surface area contributed by atoms with Gasteiger partial charge in [0.15, 0.2) is 0 Å². The molecule has 0 spiro atoms. The Hall–Kier alpha value is -1.33. The number of rotatable bonds is 2. The van der Waals surface area contributed by atoms with Gasteiger partial charge in [0.05, 0.1) is 1.28 Å². The minimum atomic E-state index is 0.541. The largest absolute Gasteiger partial charge is 0.338 e. The summed E-state index contributed by atoms with van der Waals surface area (Å²) in [5.74, 6) is 0. The summed E-state index contributed by atoms with van der Waals surface area (Å²) in [6.45, 7) is 4.53. The molecule has 1 aromatic heterocycles. The van der Waals surface area contributed by atoms with Crippen molar-refractivity contribution in [2.75, 3.05) is 0 Å². The number of hydrogen-bond donors (Lipinski definition) is 0. The van der Waals surface area contributed by atoms with Crippen LogP contribution in [-0.4, -0.2) is 5.85 Å². The topological polar surface area (TPSA) is 4.93 Å². The van der Waals surface area contributed by atoms with Crippen LogP contribution in [0.2, 0.25) is 0 Å². The molecular weight excluding hydrogens is 237 g/mol. The van der Waals surface area contributed by atoms with Gasteiger partial charge < -0.3 is 4.57 Å². The number of benzene rings is 2. The molecule has 0 aliphatic rings. The highest BCUT2D eigenvalue weighted by molar-refractivity contribution is 6.92. The van der Waals surface area contributed by atoms with Gasteiger partial charge in [0.25, 0.3) is 0 Å². The van der Waals surface area contributed by atoms with Gasteiger partial charge in [-0.05, 0) is 25.5 Å². The Kier molecular flexibility index (Phi) is 3.34. The molecule has 2 atom stereocenters. The first kappa shape index (κ1) is 11.7. The molecule has 18 heavy (non-hydrogen) atoms. The molecule has 0 aliphatic carbocycles. The van der Waals surface area contributed by atoms with Crippen molar-refractivity contribution < 1.29 is 0 Å². The van der Waals surface area contributed by atoms with E-state index in [1.54, 1.807) is 9.84 Å². The van der Waals surface area contributed by atoms with Crippen molar-refractivity contribution >= 4 is 31.6 Å². The summed E-state index contributed by atoms with van der Waals surface area (Å²) >= 11 is 0. The van der Waals surface area contributed by atoms with Crippen LogP contribution < -0.4 is 0 Å². The Morgan fingerprint density at radius 2 is 1.44 bits per heavy atom. The normalized spacial score (nSPS) is 12.9. The van der Waals surface area contributed by atoms with E-state index in [4.69, 9.17) is 1.28 Å². The highest BCUT2D eigenvalue weighted by atomic mass is 31.0. The molecule has 0 saturated heterocycles. The van der Waals surface area contributed by atoms with Gasteiger partial charge in [0.2, 0.25) is 0 Å². The molecule has 0 fully saturated rings. The van der Waals surface area contributed by atoms with Crippen LogP contribution in [0.1, 0.15) is 26.3 Å². The third-order valence-corrected chi connectivity index (χ3v) is 3.65. The molecule has 0 aliphatic heterocycles. The number of aromatic nitrogens is 1. The van der Waals surface area contributed by atoms with E-state index < -0.39 is 0 Å². The molecule has 3 aromatic rings. The van der Waals surface area contributed by atoms with E-state index in [0.29, 0.717) is 6.04 Å². The van der Waals surface area contributed by atoms with Crippen LogP contribution in [0.3, 0.4) is 0 Å². The van der Waals surface area contributed by atoms with E-state index in [2.05, 4.69) is 66.9 Å². The van der Waals surface area contributed by atoms with Crippen molar-refractivity contribution in [2.45, 2.75) is 26.3 Å². The summed E-state index contributed by atoms with van der Waals surface area (Å²) in [5.41, 5.74) is 2.70. The zero-order valence-electron chi connectivity index (χ0n) is 11.9. The summed E-state index contributed by atoms with van der Waals surface area (Å²) in [5, 5.41) is 2.73. The second kappa shape index (κ2) is 5.12. The molecule has 0 N–H and O–H groups in total. The standard InChI is InChI=1S/C16H17N.H3P/c1-3-12(2)17-15-10-6-4-8-13(15)14-9-5-7-11-16(14)17;/h4-12H,3H2,1-2H3;1H3/i;1D. The van der Waals surface area contributed by atoms with Crippen molar-refractivity contribution in [2.24, 2.45) is 0 Å². The first-order chi connectivity index (χ1) is 9.33. The fourth-order valence-corrected chi connectivity index (χ4v) is 2.61. The van der Waals surface area contributed by atoms with Crippen molar-refractivity contribution in [1.29, 1.82) is 1.28 Å². The summed E-state index contributed by atoms with van der Waals surface area (Å²) in [7, 11) is 1.67. The monoisotopic (exact) mass is 258 g/mol. The van der Waals surface area contributed by atoms with Crippen LogP contribution in [0.5, 0.6) is 0 Å². The van der Waals surface area contributed by atoms with Gasteiger partial charge in [-0.3, -0.25) is 0 Å². The third-order valence-electron chi connectivity index (χ3n) is 3.65. The number of fused-ring (bicyclic) bond motifs is 3. The lowest BCUT2D eigenvalue weighted by molar-refractivity contribution is 0.563. The lowest BCUT2D eigenvalue weighted by Crippen LogP contribution is -2.02. The minimum Gasteiger partial charge on any atom is -0.338 e. The Morgan fingerprint density at radius 3 is 1.89 bits per heavy atom. The molecule has 2 heteroatoms. The summed E-state index contributed by atoms with van der Waals surface area (Å²) in [6.07, 6.45) is 1.16. The van der Waals surface area contributed by atoms with E-state index in [0.717, 1.165) is 6.42 Å². The van der Waals surface area contributed by atoms with Crippen molar-refractivity contribution in [3.05, 3.63) is 48.5 Å². The molecule has 0 radical (unpaired) electrons. The van der Waals surface area contributed by atoms with E-state index in [1.807, 2.05) is 0 Å². The Labute approximate surface area is 113 Å². The maximum atomic E-state index is 5.67. The molecule has 94 valence electrons. The summed E-state index contributed by atoms with van der Waals surface area (Å²) < 4.78 is 8.13. The first-order valence-electron chi connectivity index (χ1n) is 6.88. The highest BCUT2D eigenvalue weighted by Gasteiger charge is 2.12. The first-order valence-corrected chi connectivity index (χ1v) is 6.30. The van der Waals surface area contributed by atoms with Gasteiger partial charge in [0.1, 0.15) is 0 Å². The van der Waals surface area contributed by atoms with E-state index in [9.17, 15) is 0 Å². The molecule has 0 bridgehead atoms. The average Bonchev–Trinajstić information content (AvgIpc) is 2.83. The van der Waals surface area contributed by atoms with Crippen LogP contribution in [0, 0.1) is 0 Å². The van der Waals surface area contributed by atoms with Gasteiger partial charge in [-0.15, -0.1) is 0 Å². The maximum absolute atomic E-state index is 5.67. The fraction of sp³-hybridized carbons (Fsp3) is 0.250. The highest BCUT2D eigenvalue weighted by Crippen LogP contribution is 2.32. The van der Waals surface area contributed by atoms with E-state index >= 15 is 0 Å². The SMILES string of the molecule is CCC(C)n1c2ccccc2c2ccccc21.[2H]P. The second-order valence-corrected chi connectivity index (χ2v) is 4.66. The molecule has 1 heterocycles. The van der Waals surface area contributed by atoms with Gasteiger partial charge in [-0.1, -0.05) is 43.3 Å². The van der Waals surface area contributed by atoms with Crippen LogP contribution in [0.4, 0.5) is 0 Å². The predicted octanol–water partition coefficient (Wildman–Crippen LogP) is 4.82. The van der Waals surface area contributed by atoms with Gasteiger partial charge in [-0.25, -0.2) is 0 Å². The van der Waals surface area contributed by atoms with Crippen LogP contribution in [0.15, 0.2) is 48.5 Å². The maximum Gasteiger partial charge on any atom is 0.0511 e. The third kappa shape index (κ3) is 1.83. The summed E-state index contributed by atoms with van der Waals surface area (Å²) in [6, 6.07) is 17.9. The Balaban J connectivity index is 0.000000637. The average molecular weight is 258 g/mol. The molecule has 1 nitrogen and oxygen atoms in total. The van der Waals surface area contributed by atoms with Crippen molar-refractivity contribution in [1.82, 2.24) is 4.57 Å². The zero-order valence-corrected chi connectivity index (χ0v) is 12.1. The van der Waals surface area contributed by atoms with Gasteiger partial charge in [-0.2, -0.15) is 9.84 Å².